The number of fused-ring (bicyclic) bond motifs is 2. The Balaban J connectivity index is 2.08. The minimum absolute atomic E-state index is 1.23. The fourth-order valence-electron chi connectivity index (χ4n) is 5.74. The van der Waals surface area contributed by atoms with Crippen molar-refractivity contribution in [2.45, 2.75) is 55.4 Å². The minimum atomic E-state index is 1.23. The molecule has 1 heteroatoms. The van der Waals surface area contributed by atoms with Crippen molar-refractivity contribution in [2.24, 2.45) is 0 Å². The highest BCUT2D eigenvalue weighted by Crippen LogP contribution is 2.47. The lowest BCUT2D eigenvalue weighted by Gasteiger charge is -2.24. The van der Waals surface area contributed by atoms with Gasteiger partial charge in [-0.2, -0.15) is 0 Å². The highest BCUT2D eigenvalue weighted by molar-refractivity contribution is 6.22. The Morgan fingerprint density at radius 2 is 0.824 bits per heavy atom. The predicted molar refractivity (Wildman–Crippen MR) is 148 cm³/mol. The molecule has 170 valence electrons. The highest BCUT2D eigenvalue weighted by atomic mass is 14.6. The average Bonchev–Trinajstić information content (AvgIpc) is 2.82. The van der Waals surface area contributed by atoms with Crippen LogP contribution in [0, 0.1) is 55.4 Å². The summed E-state index contributed by atoms with van der Waals surface area (Å²) in [5, 5.41) is 5.11. The van der Waals surface area contributed by atoms with Gasteiger partial charge in [0.15, 0.2) is 0 Å². The summed E-state index contributed by atoms with van der Waals surface area (Å²) in [5.74, 6) is 0. The van der Waals surface area contributed by atoms with Crippen LogP contribution in [0.4, 0.5) is 0 Å². The highest BCUT2D eigenvalue weighted by Gasteiger charge is 2.22. The molecule has 0 aliphatic rings. The summed E-state index contributed by atoms with van der Waals surface area (Å²) in [6.45, 7) is 18.0. The van der Waals surface area contributed by atoms with Crippen LogP contribution >= 0.6 is 0 Å². The minimum Gasteiger partial charge on any atom is -0.264 e. The Morgan fingerprint density at radius 3 is 1.26 bits per heavy atom. The largest absolute Gasteiger partial charge is 0.264 e. The third kappa shape index (κ3) is 3.18. The second kappa shape index (κ2) is 8.09. The van der Waals surface area contributed by atoms with E-state index in [4.69, 9.17) is 0 Å². The van der Waals surface area contributed by atoms with Crippen LogP contribution in [-0.4, -0.2) is 4.98 Å². The molecule has 0 aliphatic heterocycles. The first-order valence-corrected chi connectivity index (χ1v) is 12.2. The van der Waals surface area contributed by atoms with Gasteiger partial charge >= 0.3 is 0 Å². The molecule has 0 unspecified atom stereocenters. The summed E-state index contributed by atoms with van der Waals surface area (Å²) in [6.07, 6.45) is 4.02. The quantitative estimate of drug-likeness (QED) is 0.248. The first-order chi connectivity index (χ1) is 16.2. The van der Waals surface area contributed by atoms with Gasteiger partial charge in [-0.25, -0.2) is 0 Å². The molecular weight excluding hydrogens is 410 g/mol. The molecule has 0 bridgehead atoms. The maximum Gasteiger partial charge on any atom is 0.0353 e. The maximum absolute atomic E-state index is 4.62. The molecule has 0 amide bonds. The zero-order chi connectivity index (χ0) is 24.3. The van der Waals surface area contributed by atoms with Crippen molar-refractivity contribution in [2.75, 3.05) is 0 Å². The first-order valence-electron chi connectivity index (χ1n) is 12.2. The van der Waals surface area contributed by atoms with Gasteiger partial charge in [0.05, 0.1) is 0 Å². The monoisotopic (exact) mass is 443 g/mol. The molecule has 4 aromatic carbocycles. The molecule has 5 rings (SSSR count). The van der Waals surface area contributed by atoms with E-state index in [1.54, 1.807) is 0 Å². The van der Waals surface area contributed by atoms with Crippen molar-refractivity contribution in [3.8, 4) is 22.3 Å². The van der Waals surface area contributed by atoms with Crippen LogP contribution in [0.5, 0.6) is 0 Å². The number of rotatable bonds is 2. The summed E-state index contributed by atoms with van der Waals surface area (Å²) < 4.78 is 0. The molecule has 0 radical (unpaired) electrons. The van der Waals surface area contributed by atoms with Gasteiger partial charge in [0, 0.05) is 17.8 Å². The summed E-state index contributed by atoms with van der Waals surface area (Å²) in [4.78, 5) is 4.62. The molecule has 0 N–H and O–H groups in total. The van der Waals surface area contributed by atoms with E-state index in [0.29, 0.717) is 0 Å². The third-order valence-electron chi connectivity index (χ3n) is 8.06. The zero-order valence-corrected chi connectivity index (χ0v) is 21.6. The Morgan fingerprint density at radius 1 is 0.441 bits per heavy atom. The molecule has 34 heavy (non-hydrogen) atoms. The second-order valence-electron chi connectivity index (χ2n) is 9.99. The molecular formula is C33H33N. The predicted octanol–water partition coefficient (Wildman–Crippen LogP) is 9.19. The molecule has 0 spiro atoms. The zero-order valence-electron chi connectivity index (χ0n) is 21.6. The van der Waals surface area contributed by atoms with Gasteiger partial charge in [-0.15, -0.1) is 0 Å². The Kier molecular flexibility index (Phi) is 5.32. The second-order valence-corrected chi connectivity index (χ2v) is 9.99. The summed E-state index contributed by atoms with van der Waals surface area (Å²) >= 11 is 0. The van der Waals surface area contributed by atoms with Crippen LogP contribution in [0.15, 0.2) is 54.9 Å². The first kappa shape index (κ1) is 22.3. The Labute approximate surface area is 203 Å². The fourth-order valence-corrected chi connectivity index (χ4v) is 5.74. The van der Waals surface area contributed by atoms with Crippen LogP contribution < -0.4 is 0 Å². The molecule has 0 atom stereocenters. The molecule has 5 aromatic rings. The van der Waals surface area contributed by atoms with E-state index < -0.39 is 0 Å². The number of hydrogen-bond donors (Lipinski definition) is 0. The van der Waals surface area contributed by atoms with Crippen molar-refractivity contribution in [3.05, 3.63) is 99.4 Å². The number of hydrogen-bond acceptors (Lipinski definition) is 1. The standard InChI is InChI=1S/C33H33N/c1-18-15-19(2)23(6)30(22(18)5)32-26-11-9-10-12-27(26)33(29-17-34-14-13-28(29)32)31-24(7)20(3)16-21(4)25(31)8/h9-17H,1-8H3. The Bertz CT molecular complexity index is 1390. The van der Waals surface area contributed by atoms with Crippen molar-refractivity contribution < 1.29 is 0 Å². The lowest BCUT2D eigenvalue weighted by molar-refractivity contribution is 1.24. The van der Waals surface area contributed by atoms with Gasteiger partial charge in [0.2, 0.25) is 0 Å². The average molecular weight is 444 g/mol. The number of benzene rings is 4. The van der Waals surface area contributed by atoms with Gasteiger partial charge < -0.3 is 0 Å². The SMILES string of the molecule is Cc1cc(C)c(C)c(-c2c3ccccc3c(-c3c(C)c(C)cc(C)c3C)c3cnccc23)c1C. The van der Waals surface area contributed by atoms with Crippen LogP contribution in [0.3, 0.4) is 0 Å². The normalized spacial score (nSPS) is 11.5. The van der Waals surface area contributed by atoms with Gasteiger partial charge in [-0.3, -0.25) is 4.98 Å². The smallest absolute Gasteiger partial charge is 0.0353 e. The van der Waals surface area contributed by atoms with Crippen LogP contribution in [0.1, 0.15) is 44.5 Å². The van der Waals surface area contributed by atoms with Crippen LogP contribution in [-0.2, 0) is 0 Å². The molecule has 1 heterocycles. The number of aryl methyl sites for hydroxylation is 4. The number of nitrogens with zero attached hydrogens (tertiary/aromatic N) is 1. The maximum atomic E-state index is 4.62. The van der Waals surface area contributed by atoms with Crippen molar-refractivity contribution >= 4 is 21.5 Å². The molecule has 0 saturated carbocycles. The van der Waals surface area contributed by atoms with Gasteiger partial charge in [0.1, 0.15) is 0 Å². The van der Waals surface area contributed by atoms with Gasteiger partial charge in [0.25, 0.3) is 0 Å². The molecule has 1 nitrogen and oxygen atoms in total. The lowest BCUT2D eigenvalue weighted by atomic mass is 9.80. The van der Waals surface area contributed by atoms with Crippen LogP contribution in [0.25, 0.3) is 43.8 Å². The molecule has 0 aliphatic carbocycles. The Hall–Kier alpha value is -3.45. The fraction of sp³-hybridized carbons (Fsp3) is 0.242. The van der Waals surface area contributed by atoms with E-state index in [9.17, 15) is 0 Å². The number of aromatic nitrogens is 1. The third-order valence-corrected chi connectivity index (χ3v) is 8.06. The van der Waals surface area contributed by atoms with E-state index >= 15 is 0 Å². The molecule has 0 fully saturated rings. The van der Waals surface area contributed by atoms with E-state index in [0.717, 1.165) is 0 Å². The number of pyridine rings is 1. The van der Waals surface area contributed by atoms with Crippen molar-refractivity contribution in [1.29, 1.82) is 0 Å². The summed E-state index contributed by atoms with van der Waals surface area (Å²) in [6, 6.07) is 15.8. The van der Waals surface area contributed by atoms with E-state index in [1.165, 1.54) is 88.3 Å². The van der Waals surface area contributed by atoms with Crippen LogP contribution in [0.2, 0.25) is 0 Å². The van der Waals surface area contributed by atoms with Gasteiger partial charge in [-0.05, 0) is 144 Å². The molecule has 0 saturated heterocycles. The summed E-state index contributed by atoms with van der Waals surface area (Å²) in [7, 11) is 0. The molecule has 1 aromatic heterocycles. The van der Waals surface area contributed by atoms with E-state index in [-0.39, 0.29) is 0 Å². The lowest BCUT2D eigenvalue weighted by Crippen LogP contribution is -2.00. The summed E-state index contributed by atoms with van der Waals surface area (Å²) in [5.41, 5.74) is 16.1. The topological polar surface area (TPSA) is 12.9 Å². The van der Waals surface area contributed by atoms with Crippen molar-refractivity contribution in [3.63, 3.8) is 0 Å². The van der Waals surface area contributed by atoms with E-state index in [1.807, 2.05) is 6.20 Å². The van der Waals surface area contributed by atoms with Crippen molar-refractivity contribution in [1.82, 2.24) is 4.98 Å². The van der Waals surface area contributed by atoms with Gasteiger partial charge in [-0.1, -0.05) is 36.4 Å². The van der Waals surface area contributed by atoms with E-state index in [2.05, 4.69) is 109 Å².